The first-order chi connectivity index (χ1) is 10.2. The quantitative estimate of drug-likeness (QED) is 0.608. The Balaban J connectivity index is 1.79. The Labute approximate surface area is 128 Å². The summed E-state index contributed by atoms with van der Waals surface area (Å²) in [5, 5.41) is 5.76. The second kappa shape index (κ2) is 7.59. The third kappa shape index (κ3) is 4.72. The highest BCUT2D eigenvalue weighted by molar-refractivity contribution is 7.11. The molecule has 0 saturated heterocycles. The standard InChI is InChI=1S/C16H18N2O2S/c1-13-6-3-4-7-14(13)11-18(2)16(19)12-20-17-10-15-8-5-9-21-15/h3-10H,11-12H2,1-2H3/b17-10+. The maximum absolute atomic E-state index is 11.9. The van der Waals surface area contributed by atoms with Crippen molar-refractivity contribution in [3.05, 3.63) is 57.8 Å². The van der Waals surface area contributed by atoms with Crippen LogP contribution in [-0.4, -0.2) is 30.7 Å². The van der Waals surface area contributed by atoms with E-state index in [-0.39, 0.29) is 12.5 Å². The zero-order chi connectivity index (χ0) is 15.1. The van der Waals surface area contributed by atoms with Crippen molar-refractivity contribution in [2.45, 2.75) is 13.5 Å². The van der Waals surface area contributed by atoms with Crippen LogP contribution in [0.15, 0.2) is 46.9 Å². The Morgan fingerprint density at radius 3 is 2.86 bits per heavy atom. The fourth-order valence-corrected chi connectivity index (χ4v) is 2.36. The van der Waals surface area contributed by atoms with Gasteiger partial charge >= 0.3 is 0 Å². The van der Waals surface area contributed by atoms with E-state index in [0.717, 1.165) is 10.4 Å². The maximum Gasteiger partial charge on any atom is 0.263 e. The van der Waals surface area contributed by atoms with Crippen molar-refractivity contribution < 1.29 is 9.63 Å². The second-order valence-electron chi connectivity index (χ2n) is 4.70. The van der Waals surface area contributed by atoms with E-state index in [4.69, 9.17) is 4.84 Å². The number of carbonyl (C=O) groups excluding carboxylic acids is 1. The van der Waals surface area contributed by atoms with E-state index >= 15 is 0 Å². The number of hydrogen-bond acceptors (Lipinski definition) is 4. The molecule has 0 fully saturated rings. The maximum atomic E-state index is 11.9. The molecule has 1 aromatic heterocycles. The first kappa shape index (κ1) is 15.3. The Morgan fingerprint density at radius 2 is 2.14 bits per heavy atom. The zero-order valence-electron chi connectivity index (χ0n) is 12.2. The predicted octanol–water partition coefficient (Wildman–Crippen LogP) is 3.07. The fraction of sp³-hybridized carbons (Fsp3) is 0.250. The van der Waals surface area contributed by atoms with Gasteiger partial charge in [0.25, 0.3) is 5.91 Å². The molecule has 0 bridgehead atoms. The second-order valence-corrected chi connectivity index (χ2v) is 5.68. The summed E-state index contributed by atoms with van der Waals surface area (Å²) in [5.74, 6) is -0.0958. The predicted molar refractivity (Wildman–Crippen MR) is 85.5 cm³/mol. The molecule has 2 rings (SSSR count). The number of hydrogen-bond donors (Lipinski definition) is 0. The molecule has 2 aromatic rings. The van der Waals surface area contributed by atoms with Crippen molar-refractivity contribution >= 4 is 23.5 Å². The van der Waals surface area contributed by atoms with Gasteiger partial charge in [-0.25, -0.2) is 0 Å². The van der Waals surface area contributed by atoms with Crippen molar-refractivity contribution in [2.75, 3.05) is 13.7 Å². The number of carbonyl (C=O) groups is 1. The number of likely N-dealkylation sites (N-methyl/N-ethyl adjacent to an activating group) is 1. The van der Waals surface area contributed by atoms with Crippen LogP contribution in [0.5, 0.6) is 0 Å². The van der Waals surface area contributed by atoms with Crippen molar-refractivity contribution in [3.8, 4) is 0 Å². The molecule has 0 saturated carbocycles. The highest BCUT2D eigenvalue weighted by Crippen LogP contribution is 2.09. The lowest BCUT2D eigenvalue weighted by Gasteiger charge is -2.17. The molecule has 1 amide bonds. The zero-order valence-corrected chi connectivity index (χ0v) is 13.0. The summed E-state index contributed by atoms with van der Waals surface area (Å²) in [4.78, 5) is 19.6. The van der Waals surface area contributed by atoms with E-state index < -0.39 is 0 Å². The molecule has 0 N–H and O–H groups in total. The van der Waals surface area contributed by atoms with E-state index in [9.17, 15) is 4.79 Å². The number of thiophene rings is 1. The molecule has 0 aliphatic heterocycles. The van der Waals surface area contributed by atoms with Gasteiger partial charge in [0.05, 0.1) is 6.21 Å². The van der Waals surface area contributed by atoms with Crippen LogP contribution < -0.4 is 0 Å². The minimum absolute atomic E-state index is 0.0513. The minimum atomic E-state index is -0.0958. The van der Waals surface area contributed by atoms with Gasteiger partial charge in [-0.1, -0.05) is 35.5 Å². The molecule has 110 valence electrons. The summed E-state index contributed by atoms with van der Waals surface area (Å²) in [6.45, 7) is 2.56. The molecule has 4 nitrogen and oxygen atoms in total. The van der Waals surface area contributed by atoms with E-state index in [2.05, 4.69) is 5.16 Å². The lowest BCUT2D eigenvalue weighted by atomic mass is 10.1. The average Bonchev–Trinajstić information content (AvgIpc) is 2.99. The van der Waals surface area contributed by atoms with Gasteiger partial charge in [0.1, 0.15) is 0 Å². The Kier molecular flexibility index (Phi) is 5.51. The van der Waals surface area contributed by atoms with Crippen LogP contribution in [0.3, 0.4) is 0 Å². The van der Waals surface area contributed by atoms with Crippen LogP contribution in [0.2, 0.25) is 0 Å². The van der Waals surface area contributed by atoms with Gasteiger partial charge in [-0.2, -0.15) is 0 Å². The smallest absolute Gasteiger partial charge is 0.263 e. The van der Waals surface area contributed by atoms with Crippen LogP contribution in [0.4, 0.5) is 0 Å². The van der Waals surface area contributed by atoms with E-state index in [1.54, 1.807) is 29.5 Å². The molecule has 1 heterocycles. The molecule has 0 spiro atoms. The first-order valence-corrected chi connectivity index (χ1v) is 7.52. The summed E-state index contributed by atoms with van der Waals surface area (Å²) >= 11 is 1.57. The van der Waals surface area contributed by atoms with Crippen molar-refractivity contribution in [2.24, 2.45) is 5.16 Å². The molecular weight excluding hydrogens is 284 g/mol. The SMILES string of the molecule is Cc1ccccc1CN(C)C(=O)CO/N=C/c1cccs1. The largest absolute Gasteiger partial charge is 0.386 e. The van der Waals surface area contributed by atoms with E-state index in [1.807, 2.05) is 48.7 Å². The molecule has 0 unspecified atom stereocenters. The molecule has 21 heavy (non-hydrogen) atoms. The van der Waals surface area contributed by atoms with Gasteiger partial charge in [-0.05, 0) is 29.5 Å². The van der Waals surface area contributed by atoms with Gasteiger partial charge in [0.2, 0.25) is 0 Å². The summed E-state index contributed by atoms with van der Waals surface area (Å²) < 4.78 is 0. The van der Waals surface area contributed by atoms with Crippen LogP contribution in [0, 0.1) is 6.92 Å². The van der Waals surface area contributed by atoms with E-state index in [1.165, 1.54) is 5.56 Å². The molecule has 0 radical (unpaired) electrons. The Bertz CT molecular complexity index is 608. The van der Waals surface area contributed by atoms with Crippen LogP contribution in [0.25, 0.3) is 0 Å². The molecule has 0 aliphatic carbocycles. The third-order valence-electron chi connectivity index (χ3n) is 3.08. The minimum Gasteiger partial charge on any atom is -0.386 e. The number of aryl methyl sites for hydroxylation is 1. The summed E-state index contributed by atoms with van der Waals surface area (Å²) in [5.41, 5.74) is 2.31. The highest BCUT2D eigenvalue weighted by atomic mass is 32.1. The molecule has 0 aliphatic rings. The monoisotopic (exact) mass is 302 g/mol. The lowest BCUT2D eigenvalue weighted by Crippen LogP contribution is -2.29. The van der Waals surface area contributed by atoms with Crippen molar-refractivity contribution in [1.29, 1.82) is 0 Å². The van der Waals surface area contributed by atoms with Gasteiger partial charge in [-0.15, -0.1) is 11.3 Å². The van der Waals surface area contributed by atoms with Crippen molar-refractivity contribution in [1.82, 2.24) is 4.90 Å². The Morgan fingerprint density at radius 1 is 1.33 bits per heavy atom. The third-order valence-corrected chi connectivity index (χ3v) is 3.89. The average molecular weight is 302 g/mol. The van der Waals surface area contributed by atoms with Gasteiger partial charge < -0.3 is 9.74 Å². The molecule has 5 heteroatoms. The number of nitrogens with zero attached hydrogens (tertiary/aromatic N) is 2. The van der Waals surface area contributed by atoms with Gasteiger partial charge in [0.15, 0.2) is 6.61 Å². The molecular formula is C16H18N2O2S. The first-order valence-electron chi connectivity index (χ1n) is 6.64. The van der Waals surface area contributed by atoms with Gasteiger partial charge in [-0.3, -0.25) is 4.79 Å². The molecule has 0 atom stereocenters. The number of amides is 1. The summed E-state index contributed by atoms with van der Waals surface area (Å²) in [6, 6.07) is 11.9. The normalized spacial score (nSPS) is 10.8. The number of oxime groups is 1. The van der Waals surface area contributed by atoms with Crippen LogP contribution >= 0.6 is 11.3 Å². The topological polar surface area (TPSA) is 41.9 Å². The summed E-state index contributed by atoms with van der Waals surface area (Å²) in [7, 11) is 1.76. The van der Waals surface area contributed by atoms with Crippen molar-refractivity contribution in [3.63, 3.8) is 0 Å². The number of benzene rings is 1. The number of rotatable bonds is 6. The van der Waals surface area contributed by atoms with E-state index in [0.29, 0.717) is 6.54 Å². The van der Waals surface area contributed by atoms with Gasteiger partial charge in [0, 0.05) is 18.5 Å². The molecule has 1 aromatic carbocycles. The highest BCUT2D eigenvalue weighted by Gasteiger charge is 2.10. The Hall–Kier alpha value is -2.14. The van der Waals surface area contributed by atoms with Crippen LogP contribution in [-0.2, 0) is 16.2 Å². The lowest BCUT2D eigenvalue weighted by molar-refractivity contribution is -0.135. The van der Waals surface area contributed by atoms with Crippen LogP contribution in [0.1, 0.15) is 16.0 Å². The summed E-state index contributed by atoms with van der Waals surface area (Å²) in [6.07, 6.45) is 1.61. The fourth-order valence-electron chi connectivity index (χ4n) is 1.79.